The molecular weight excluding hydrogens is 464 g/mol. The third kappa shape index (κ3) is 5.11. The molecule has 0 saturated heterocycles. The fraction of sp³-hybridized carbons (Fsp3) is 0.233. The standard InChI is InChI=1S/C30H30N4O3/c1-5-36-25-11-7-9-22(17-25)18-34-21(4)26(27(31-30(34)35)23-14-12-19(2)13-15-23)29-32-28(33-37-29)24-10-6-8-20(3)16-24/h6-17,27H,5,18H2,1-4H3,(H,31,35). The number of aryl methyl sites for hydroxylation is 2. The molecular formula is C30H30N4O3. The number of carbonyl (C=O) groups excluding carboxylic acids is 1. The molecule has 1 aliphatic heterocycles. The van der Waals surface area contributed by atoms with Crippen LogP contribution in [0.4, 0.5) is 4.79 Å². The number of urea groups is 1. The van der Waals surface area contributed by atoms with Crippen molar-refractivity contribution in [3.8, 4) is 17.1 Å². The summed E-state index contributed by atoms with van der Waals surface area (Å²) < 4.78 is 11.5. The van der Waals surface area contributed by atoms with Crippen LogP contribution in [0, 0.1) is 13.8 Å². The number of ether oxygens (including phenoxy) is 1. The summed E-state index contributed by atoms with van der Waals surface area (Å²) >= 11 is 0. The Morgan fingerprint density at radius 3 is 2.51 bits per heavy atom. The van der Waals surface area contributed by atoms with Crippen LogP contribution < -0.4 is 10.1 Å². The van der Waals surface area contributed by atoms with E-state index in [0.29, 0.717) is 24.9 Å². The van der Waals surface area contributed by atoms with Gasteiger partial charge < -0.3 is 14.6 Å². The summed E-state index contributed by atoms with van der Waals surface area (Å²) in [5, 5.41) is 7.44. The Morgan fingerprint density at radius 2 is 1.76 bits per heavy atom. The number of nitrogens with zero attached hydrogens (tertiary/aromatic N) is 3. The van der Waals surface area contributed by atoms with Crippen LogP contribution in [-0.4, -0.2) is 27.7 Å². The predicted molar refractivity (Wildman–Crippen MR) is 143 cm³/mol. The van der Waals surface area contributed by atoms with Gasteiger partial charge in [-0.05, 0) is 57.0 Å². The Morgan fingerprint density at radius 1 is 0.973 bits per heavy atom. The lowest BCUT2D eigenvalue weighted by Crippen LogP contribution is -2.45. The molecule has 4 aromatic rings. The third-order valence-electron chi connectivity index (χ3n) is 6.49. The topological polar surface area (TPSA) is 80.5 Å². The SMILES string of the molecule is CCOc1cccc(CN2C(=O)NC(c3ccc(C)cc3)C(c3nc(-c4cccc(C)c4)no3)=C2C)c1. The van der Waals surface area contributed by atoms with Crippen molar-refractivity contribution in [2.75, 3.05) is 6.61 Å². The second-order valence-corrected chi connectivity index (χ2v) is 9.25. The minimum absolute atomic E-state index is 0.188. The number of rotatable bonds is 7. The summed E-state index contributed by atoms with van der Waals surface area (Å²) in [4.78, 5) is 19.9. The van der Waals surface area contributed by atoms with Gasteiger partial charge in [-0.3, -0.25) is 4.90 Å². The third-order valence-corrected chi connectivity index (χ3v) is 6.49. The Hall–Kier alpha value is -4.39. The zero-order valence-corrected chi connectivity index (χ0v) is 21.5. The van der Waals surface area contributed by atoms with E-state index < -0.39 is 6.04 Å². The average Bonchev–Trinajstić information content (AvgIpc) is 3.37. The van der Waals surface area contributed by atoms with Crippen LogP contribution in [-0.2, 0) is 6.54 Å². The van der Waals surface area contributed by atoms with Crippen molar-refractivity contribution in [1.29, 1.82) is 0 Å². The number of allylic oxidation sites excluding steroid dienone is 1. The summed E-state index contributed by atoms with van der Waals surface area (Å²) in [7, 11) is 0. The number of aromatic nitrogens is 2. The minimum atomic E-state index is -0.426. The van der Waals surface area contributed by atoms with Crippen LogP contribution in [0.2, 0.25) is 0 Å². The zero-order chi connectivity index (χ0) is 25.9. The van der Waals surface area contributed by atoms with Gasteiger partial charge >= 0.3 is 6.03 Å². The van der Waals surface area contributed by atoms with Crippen LogP contribution >= 0.6 is 0 Å². The van der Waals surface area contributed by atoms with Crippen molar-refractivity contribution in [2.45, 2.75) is 40.3 Å². The van der Waals surface area contributed by atoms with E-state index in [2.05, 4.69) is 10.5 Å². The predicted octanol–water partition coefficient (Wildman–Crippen LogP) is 6.45. The van der Waals surface area contributed by atoms with Crippen LogP contribution in [0.5, 0.6) is 5.75 Å². The summed E-state index contributed by atoms with van der Waals surface area (Å²) in [6, 6.07) is 23.3. The van der Waals surface area contributed by atoms with Crippen LogP contribution in [0.25, 0.3) is 17.0 Å². The first-order chi connectivity index (χ1) is 17.9. The van der Waals surface area contributed by atoms with Gasteiger partial charge in [-0.15, -0.1) is 0 Å². The Balaban J connectivity index is 1.57. The molecule has 188 valence electrons. The highest BCUT2D eigenvalue weighted by Crippen LogP contribution is 2.38. The number of benzene rings is 3. The van der Waals surface area contributed by atoms with E-state index in [-0.39, 0.29) is 6.03 Å². The van der Waals surface area contributed by atoms with Gasteiger partial charge in [0.2, 0.25) is 5.82 Å². The average molecular weight is 495 g/mol. The molecule has 0 aliphatic carbocycles. The highest BCUT2D eigenvalue weighted by molar-refractivity contribution is 5.87. The van der Waals surface area contributed by atoms with E-state index in [0.717, 1.165) is 44.8 Å². The van der Waals surface area contributed by atoms with E-state index in [9.17, 15) is 4.79 Å². The Kier molecular flexibility index (Phi) is 6.77. The first-order valence-electron chi connectivity index (χ1n) is 12.4. The number of hydrogen-bond donors (Lipinski definition) is 1. The molecule has 0 bridgehead atoms. The lowest BCUT2D eigenvalue weighted by atomic mass is 9.94. The van der Waals surface area contributed by atoms with Crippen LogP contribution in [0.15, 0.2) is 83.0 Å². The van der Waals surface area contributed by atoms with Gasteiger partial charge in [-0.25, -0.2) is 4.79 Å². The van der Waals surface area contributed by atoms with Crippen molar-refractivity contribution in [3.63, 3.8) is 0 Å². The highest BCUT2D eigenvalue weighted by Gasteiger charge is 2.35. The maximum atomic E-state index is 13.4. The van der Waals surface area contributed by atoms with Gasteiger partial charge in [0, 0.05) is 11.3 Å². The molecule has 0 spiro atoms. The first-order valence-corrected chi connectivity index (χ1v) is 12.4. The maximum Gasteiger partial charge on any atom is 0.322 e. The molecule has 3 aromatic carbocycles. The largest absolute Gasteiger partial charge is 0.494 e. The van der Waals surface area contributed by atoms with Crippen molar-refractivity contribution < 1.29 is 14.1 Å². The molecule has 7 heteroatoms. The molecule has 5 rings (SSSR count). The van der Waals surface area contributed by atoms with Gasteiger partial charge in [0.15, 0.2) is 0 Å². The molecule has 37 heavy (non-hydrogen) atoms. The number of amides is 2. The fourth-order valence-electron chi connectivity index (χ4n) is 4.57. The smallest absolute Gasteiger partial charge is 0.322 e. The number of hydrogen-bond acceptors (Lipinski definition) is 5. The molecule has 7 nitrogen and oxygen atoms in total. The zero-order valence-electron chi connectivity index (χ0n) is 21.5. The molecule has 1 N–H and O–H groups in total. The molecule has 0 saturated carbocycles. The number of carbonyl (C=O) groups is 1. The lowest BCUT2D eigenvalue weighted by molar-refractivity contribution is 0.203. The second kappa shape index (κ2) is 10.3. The van der Waals surface area contributed by atoms with Gasteiger partial charge in [-0.2, -0.15) is 4.98 Å². The molecule has 1 aliphatic rings. The van der Waals surface area contributed by atoms with Crippen LogP contribution in [0.1, 0.15) is 48.0 Å². The van der Waals surface area contributed by atoms with Crippen molar-refractivity contribution in [1.82, 2.24) is 20.4 Å². The first kappa shape index (κ1) is 24.3. The van der Waals surface area contributed by atoms with Gasteiger partial charge in [0.05, 0.1) is 24.8 Å². The minimum Gasteiger partial charge on any atom is -0.494 e. The van der Waals surface area contributed by atoms with Crippen molar-refractivity contribution in [3.05, 3.63) is 107 Å². The van der Waals surface area contributed by atoms with E-state index in [1.807, 2.05) is 100 Å². The highest BCUT2D eigenvalue weighted by atomic mass is 16.5. The molecule has 0 fully saturated rings. The second-order valence-electron chi connectivity index (χ2n) is 9.25. The molecule has 1 unspecified atom stereocenters. The normalized spacial score (nSPS) is 15.6. The van der Waals surface area contributed by atoms with E-state index >= 15 is 0 Å². The monoisotopic (exact) mass is 494 g/mol. The van der Waals surface area contributed by atoms with Gasteiger partial charge in [0.1, 0.15) is 5.75 Å². The Labute approximate surface area is 216 Å². The molecule has 1 atom stereocenters. The van der Waals surface area contributed by atoms with Gasteiger partial charge in [0.25, 0.3) is 5.89 Å². The Bertz CT molecular complexity index is 1460. The van der Waals surface area contributed by atoms with Crippen molar-refractivity contribution >= 4 is 11.6 Å². The van der Waals surface area contributed by atoms with Crippen LogP contribution in [0.3, 0.4) is 0 Å². The summed E-state index contributed by atoms with van der Waals surface area (Å²) in [6.45, 7) is 8.90. The van der Waals surface area contributed by atoms with Crippen molar-refractivity contribution in [2.24, 2.45) is 0 Å². The summed E-state index contributed by atoms with van der Waals surface area (Å²) in [5.41, 5.74) is 6.57. The summed E-state index contributed by atoms with van der Waals surface area (Å²) in [6.07, 6.45) is 0. The van der Waals surface area contributed by atoms with Gasteiger partial charge in [-0.1, -0.05) is 70.9 Å². The quantitative estimate of drug-likeness (QED) is 0.319. The van der Waals surface area contributed by atoms with E-state index in [4.69, 9.17) is 14.2 Å². The maximum absolute atomic E-state index is 13.4. The number of nitrogens with one attached hydrogen (secondary N) is 1. The molecule has 2 amide bonds. The molecule has 0 radical (unpaired) electrons. The molecule has 1 aromatic heterocycles. The van der Waals surface area contributed by atoms with E-state index in [1.165, 1.54) is 0 Å². The summed E-state index contributed by atoms with van der Waals surface area (Å²) in [5.74, 6) is 1.67. The van der Waals surface area contributed by atoms with E-state index in [1.54, 1.807) is 4.90 Å². The fourth-order valence-corrected chi connectivity index (χ4v) is 4.57. The lowest BCUT2D eigenvalue weighted by Gasteiger charge is -2.35. The molecule has 2 heterocycles.